The Morgan fingerprint density at radius 3 is 1.97 bits per heavy atom. The summed E-state index contributed by atoms with van der Waals surface area (Å²) in [5.41, 5.74) is 1.61. The number of hydrogen-bond acceptors (Lipinski definition) is 5. The van der Waals surface area contributed by atoms with E-state index in [2.05, 4.69) is 69.3 Å². The van der Waals surface area contributed by atoms with Gasteiger partial charge in [-0.2, -0.15) is 0 Å². The molecule has 6 heteroatoms. The summed E-state index contributed by atoms with van der Waals surface area (Å²) in [5.74, 6) is -0.365. The number of carbonyl (C=O) groups is 1. The zero-order valence-corrected chi connectivity index (χ0v) is 22.8. The SMILES string of the molecule is COC1C[C@H](OC(=O)c2ccc(C)cc2)[C@@H](CO[Si](c2ccccc2)(c2ccccc2)C(C)(C)C)O1. The normalized spacial score (nSPS) is 20.3. The van der Waals surface area contributed by atoms with E-state index in [1.54, 1.807) is 19.2 Å². The lowest BCUT2D eigenvalue weighted by molar-refractivity contribution is -0.126. The van der Waals surface area contributed by atoms with Gasteiger partial charge in [0.05, 0.1) is 12.2 Å². The minimum atomic E-state index is -2.75. The van der Waals surface area contributed by atoms with Crippen LogP contribution in [0.15, 0.2) is 84.9 Å². The highest BCUT2D eigenvalue weighted by atomic mass is 28.4. The third-order valence-corrected chi connectivity index (χ3v) is 11.9. The van der Waals surface area contributed by atoms with E-state index in [1.807, 2.05) is 31.2 Å². The lowest BCUT2D eigenvalue weighted by Crippen LogP contribution is -2.67. The highest BCUT2D eigenvalue weighted by Gasteiger charge is 2.51. The summed E-state index contributed by atoms with van der Waals surface area (Å²) in [7, 11) is -1.14. The molecule has 1 aliphatic rings. The van der Waals surface area contributed by atoms with Crippen LogP contribution in [-0.2, 0) is 18.6 Å². The molecule has 3 aromatic rings. The smallest absolute Gasteiger partial charge is 0.338 e. The molecule has 190 valence electrons. The summed E-state index contributed by atoms with van der Waals surface area (Å²) in [6.45, 7) is 8.99. The van der Waals surface area contributed by atoms with Crippen molar-refractivity contribution in [3.8, 4) is 0 Å². The van der Waals surface area contributed by atoms with Gasteiger partial charge in [-0.3, -0.25) is 0 Å². The van der Waals surface area contributed by atoms with E-state index in [0.717, 1.165) is 5.56 Å². The van der Waals surface area contributed by atoms with Gasteiger partial charge >= 0.3 is 5.97 Å². The number of rotatable bonds is 8. The molecular formula is C30H36O5Si. The molecule has 1 saturated heterocycles. The Morgan fingerprint density at radius 1 is 0.917 bits per heavy atom. The second kappa shape index (κ2) is 11.1. The van der Waals surface area contributed by atoms with Gasteiger partial charge in [0.15, 0.2) is 6.29 Å². The molecule has 3 atom stereocenters. The Labute approximate surface area is 215 Å². The Hall–Kier alpha value is -2.77. The molecule has 1 heterocycles. The monoisotopic (exact) mass is 504 g/mol. The van der Waals surface area contributed by atoms with Gasteiger partial charge in [0.1, 0.15) is 12.2 Å². The molecule has 4 rings (SSSR count). The number of methoxy groups -OCH3 is 1. The number of ether oxygens (including phenoxy) is 3. The van der Waals surface area contributed by atoms with Crippen LogP contribution in [0.25, 0.3) is 0 Å². The van der Waals surface area contributed by atoms with Gasteiger partial charge in [0.2, 0.25) is 0 Å². The Morgan fingerprint density at radius 2 is 1.47 bits per heavy atom. The standard InChI is InChI=1S/C30H36O5Si/c1-22-16-18-23(19-17-22)29(31)35-26-20-28(32-5)34-27(26)21-33-36(30(2,3)4,24-12-8-6-9-13-24)25-14-10-7-11-15-25/h6-19,26-28H,20-21H2,1-5H3/t26-,27+,28?/m0/s1. The van der Waals surface area contributed by atoms with E-state index in [1.165, 1.54) is 10.4 Å². The first kappa shape index (κ1) is 26.3. The number of benzene rings is 3. The van der Waals surface area contributed by atoms with E-state index in [-0.39, 0.29) is 11.0 Å². The van der Waals surface area contributed by atoms with Crippen LogP contribution in [0.3, 0.4) is 0 Å². The van der Waals surface area contributed by atoms with Gasteiger partial charge in [0.25, 0.3) is 8.32 Å². The maximum absolute atomic E-state index is 12.9. The first-order chi connectivity index (χ1) is 17.2. The van der Waals surface area contributed by atoms with Crippen LogP contribution >= 0.6 is 0 Å². The van der Waals surface area contributed by atoms with Crippen molar-refractivity contribution in [3.63, 3.8) is 0 Å². The Bertz CT molecular complexity index is 1090. The molecule has 5 nitrogen and oxygen atoms in total. The third-order valence-electron chi connectivity index (χ3n) is 6.86. The minimum Gasteiger partial charge on any atom is -0.456 e. The highest BCUT2D eigenvalue weighted by molar-refractivity contribution is 6.99. The quantitative estimate of drug-likeness (QED) is 0.324. The summed E-state index contributed by atoms with van der Waals surface area (Å²) < 4.78 is 24.6. The van der Waals surface area contributed by atoms with Crippen LogP contribution in [0.2, 0.25) is 5.04 Å². The van der Waals surface area contributed by atoms with Crippen molar-refractivity contribution in [3.05, 3.63) is 96.1 Å². The fourth-order valence-corrected chi connectivity index (χ4v) is 9.54. The van der Waals surface area contributed by atoms with E-state index in [4.69, 9.17) is 18.6 Å². The molecule has 1 fully saturated rings. The van der Waals surface area contributed by atoms with Gasteiger partial charge in [-0.25, -0.2) is 4.79 Å². The second-order valence-electron chi connectivity index (χ2n) is 10.4. The van der Waals surface area contributed by atoms with E-state index < -0.39 is 26.8 Å². The maximum Gasteiger partial charge on any atom is 0.338 e. The molecule has 1 aliphatic heterocycles. The van der Waals surface area contributed by atoms with Crippen LogP contribution < -0.4 is 10.4 Å². The van der Waals surface area contributed by atoms with Crippen molar-refractivity contribution in [1.29, 1.82) is 0 Å². The van der Waals surface area contributed by atoms with Crippen molar-refractivity contribution in [2.24, 2.45) is 0 Å². The molecule has 0 N–H and O–H groups in total. The summed E-state index contributed by atoms with van der Waals surface area (Å²) in [6.07, 6.45) is -0.899. The fourth-order valence-electron chi connectivity index (χ4n) is 4.97. The molecule has 0 aliphatic carbocycles. The van der Waals surface area contributed by atoms with Gasteiger partial charge < -0.3 is 18.6 Å². The van der Waals surface area contributed by atoms with E-state index >= 15 is 0 Å². The number of carbonyl (C=O) groups excluding carboxylic acids is 1. The molecule has 0 aromatic heterocycles. The van der Waals surface area contributed by atoms with Crippen molar-refractivity contribution in [1.82, 2.24) is 0 Å². The van der Waals surface area contributed by atoms with Crippen molar-refractivity contribution >= 4 is 24.7 Å². The molecule has 3 aromatic carbocycles. The molecule has 36 heavy (non-hydrogen) atoms. The lowest BCUT2D eigenvalue weighted by atomic mass is 10.1. The predicted molar refractivity (Wildman–Crippen MR) is 144 cm³/mol. The van der Waals surface area contributed by atoms with Crippen LogP contribution in [0.4, 0.5) is 0 Å². The number of hydrogen-bond donors (Lipinski definition) is 0. The van der Waals surface area contributed by atoms with Gasteiger partial charge in [-0.05, 0) is 34.5 Å². The van der Waals surface area contributed by atoms with Gasteiger partial charge in [-0.15, -0.1) is 0 Å². The third kappa shape index (κ3) is 5.47. The van der Waals surface area contributed by atoms with Crippen LogP contribution in [0.1, 0.15) is 43.1 Å². The molecule has 0 bridgehead atoms. The van der Waals surface area contributed by atoms with Crippen molar-refractivity contribution < 1.29 is 23.4 Å². The topological polar surface area (TPSA) is 54.0 Å². The minimum absolute atomic E-state index is 0.164. The van der Waals surface area contributed by atoms with Crippen molar-refractivity contribution in [2.45, 2.75) is 57.7 Å². The van der Waals surface area contributed by atoms with Crippen LogP contribution in [0.5, 0.6) is 0 Å². The average Bonchev–Trinajstić information content (AvgIpc) is 3.27. The van der Waals surface area contributed by atoms with Gasteiger partial charge in [0, 0.05) is 13.5 Å². The molecule has 1 unspecified atom stereocenters. The largest absolute Gasteiger partial charge is 0.456 e. The van der Waals surface area contributed by atoms with E-state index in [0.29, 0.717) is 18.6 Å². The summed E-state index contributed by atoms with van der Waals surface area (Å²) in [4.78, 5) is 12.9. The first-order valence-corrected chi connectivity index (χ1v) is 14.4. The molecule has 0 amide bonds. The van der Waals surface area contributed by atoms with Crippen LogP contribution in [-0.4, -0.2) is 46.5 Å². The summed E-state index contributed by atoms with van der Waals surface area (Å²) >= 11 is 0. The van der Waals surface area contributed by atoms with E-state index in [9.17, 15) is 4.79 Å². The van der Waals surface area contributed by atoms with Crippen molar-refractivity contribution in [2.75, 3.05) is 13.7 Å². The zero-order valence-electron chi connectivity index (χ0n) is 21.8. The first-order valence-electron chi connectivity index (χ1n) is 12.5. The molecule has 0 spiro atoms. The predicted octanol–water partition coefficient (Wildman–Crippen LogP) is 4.86. The molecule has 0 radical (unpaired) electrons. The molecule has 0 saturated carbocycles. The maximum atomic E-state index is 12.9. The summed E-state index contributed by atoms with van der Waals surface area (Å²) in [5, 5.41) is 2.22. The lowest BCUT2D eigenvalue weighted by Gasteiger charge is -2.43. The highest BCUT2D eigenvalue weighted by Crippen LogP contribution is 2.37. The Kier molecular flexibility index (Phi) is 8.10. The second-order valence-corrected chi connectivity index (χ2v) is 14.7. The average molecular weight is 505 g/mol. The summed E-state index contributed by atoms with van der Waals surface area (Å²) in [6, 6.07) is 28.3. The molecular weight excluding hydrogens is 468 g/mol. The number of esters is 1. The van der Waals surface area contributed by atoms with Crippen LogP contribution in [0, 0.1) is 6.92 Å². The Balaban J connectivity index is 1.62. The fraction of sp³-hybridized carbons (Fsp3) is 0.367. The number of aryl methyl sites for hydroxylation is 1. The van der Waals surface area contributed by atoms with Gasteiger partial charge in [-0.1, -0.05) is 99.1 Å². The zero-order chi connectivity index (χ0) is 25.8.